The number of methoxy groups -OCH3 is 1. The maximum atomic E-state index is 12.8. The van der Waals surface area contributed by atoms with Gasteiger partial charge in [-0.1, -0.05) is 35.5 Å². The Morgan fingerprint density at radius 3 is 2.54 bits per heavy atom. The smallest absolute Gasteiger partial charge is 0.383 e. The van der Waals surface area contributed by atoms with Gasteiger partial charge in [-0.05, 0) is 35.9 Å². The van der Waals surface area contributed by atoms with Crippen molar-refractivity contribution in [1.82, 2.24) is 9.55 Å². The SMILES string of the molecule is COCCn1c(SCc2ccc(C(F)(F)F)cc2)nc2cc(Cl)ccc2c1=O. The number of hydrogen-bond acceptors (Lipinski definition) is 4. The number of aromatic nitrogens is 2. The topological polar surface area (TPSA) is 44.1 Å². The predicted molar refractivity (Wildman–Crippen MR) is 104 cm³/mol. The first-order valence-electron chi connectivity index (χ1n) is 8.27. The molecule has 0 unspecified atom stereocenters. The van der Waals surface area contributed by atoms with Crippen LogP contribution in [-0.4, -0.2) is 23.3 Å². The average molecular weight is 429 g/mol. The normalized spacial score (nSPS) is 11.9. The van der Waals surface area contributed by atoms with Crippen molar-refractivity contribution in [2.24, 2.45) is 0 Å². The molecule has 0 fully saturated rings. The molecule has 0 saturated heterocycles. The first kappa shape index (κ1) is 20.7. The van der Waals surface area contributed by atoms with Crippen LogP contribution >= 0.6 is 23.4 Å². The molecular weight excluding hydrogens is 413 g/mol. The standard InChI is InChI=1S/C19H16ClF3N2O2S/c1-27-9-8-25-17(26)15-7-6-14(20)10-16(15)24-18(25)28-11-12-2-4-13(5-3-12)19(21,22)23/h2-7,10H,8-9,11H2,1H3. The molecule has 0 amide bonds. The molecule has 4 nitrogen and oxygen atoms in total. The molecule has 1 heterocycles. The van der Waals surface area contributed by atoms with Crippen LogP contribution in [0.1, 0.15) is 11.1 Å². The van der Waals surface area contributed by atoms with Gasteiger partial charge in [-0.3, -0.25) is 9.36 Å². The molecule has 3 rings (SSSR count). The van der Waals surface area contributed by atoms with E-state index < -0.39 is 11.7 Å². The Morgan fingerprint density at radius 1 is 1.18 bits per heavy atom. The fourth-order valence-electron chi connectivity index (χ4n) is 2.60. The third kappa shape index (κ3) is 4.68. The van der Waals surface area contributed by atoms with Crippen molar-refractivity contribution in [3.8, 4) is 0 Å². The molecule has 2 aromatic carbocycles. The monoisotopic (exact) mass is 428 g/mol. The fourth-order valence-corrected chi connectivity index (χ4v) is 3.75. The number of ether oxygens (including phenoxy) is 1. The van der Waals surface area contributed by atoms with E-state index in [0.717, 1.165) is 12.1 Å². The van der Waals surface area contributed by atoms with Crippen LogP contribution in [0, 0.1) is 0 Å². The van der Waals surface area contributed by atoms with Gasteiger partial charge in [0.1, 0.15) is 0 Å². The second-order valence-corrected chi connectivity index (χ2v) is 7.37. The number of thioether (sulfide) groups is 1. The molecule has 28 heavy (non-hydrogen) atoms. The number of hydrogen-bond donors (Lipinski definition) is 0. The number of alkyl halides is 3. The summed E-state index contributed by atoms with van der Waals surface area (Å²) in [5.41, 5.74) is 0.253. The van der Waals surface area contributed by atoms with Gasteiger partial charge in [0.25, 0.3) is 5.56 Å². The van der Waals surface area contributed by atoms with Crippen molar-refractivity contribution >= 4 is 34.3 Å². The summed E-state index contributed by atoms with van der Waals surface area (Å²) in [5, 5.41) is 1.36. The molecule has 1 aromatic heterocycles. The summed E-state index contributed by atoms with van der Waals surface area (Å²) in [7, 11) is 1.54. The molecule has 0 atom stereocenters. The van der Waals surface area contributed by atoms with Crippen LogP contribution in [0.2, 0.25) is 5.02 Å². The summed E-state index contributed by atoms with van der Waals surface area (Å²) in [6, 6.07) is 9.80. The first-order valence-corrected chi connectivity index (χ1v) is 9.64. The molecule has 9 heteroatoms. The lowest BCUT2D eigenvalue weighted by molar-refractivity contribution is -0.137. The van der Waals surface area contributed by atoms with Crippen molar-refractivity contribution in [3.63, 3.8) is 0 Å². The lowest BCUT2D eigenvalue weighted by Gasteiger charge is -2.13. The van der Waals surface area contributed by atoms with E-state index in [0.29, 0.717) is 45.5 Å². The van der Waals surface area contributed by atoms with Crippen LogP contribution < -0.4 is 5.56 Å². The molecular formula is C19H16ClF3N2O2S. The fraction of sp³-hybridized carbons (Fsp3) is 0.263. The molecule has 0 radical (unpaired) electrons. The van der Waals surface area contributed by atoms with Gasteiger partial charge in [-0.15, -0.1) is 0 Å². The lowest BCUT2D eigenvalue weighted by Crippen LogP contribution is -2.25. The van der Waals surface area contributed by atoms with E-state index in [1.807, 2.05) is 0 Å². The van der Waals surface area contributed by atoms with E-state index in [9.17, 15) is 18.0 Å². The summed E-state index contributed by atoms with van der Waals surface area (Å²) >= 11 is 7.27. The summed E-state index contributed by atoms with van der Waals surface area (Å²) in [6.45, 7) is 0.644. The van der Waals surface area contributed by atoms with E-state index >= 15 is 0 Å². The van der Waals surface area contributed by atoms with Gasteiger partial charge in [0.2, 0.25) is 0 Å². The minimum atomic E-state index is -4.37. The minimum Gasteiger partial charge on any atom is -0.383 e. The molecule has 0 aliphatic heterocycles. The zero-order chi connectivity index (χ0) is 20.3. The Hall–Kier alpha value is -2.03. The van der Waals surface area contributed by atoms with Crippen molar-refractivity contribution in [1.29, 1.82) is 0 Å². The lowest BCUT2D eigenvalue weighted by atomic mass is 10.1. The molecule has 0 bridgehead atoms. The molecule has 148 valence electrons. The highest BCUT2D eigenvalue weighted by Crippen LogP contribution is 2.30. The molecule has 0 saturated carbocycles. The van der Waals surface area contributed by atoms with Crippen molar-refractivity contribution in [3.05, 3.63) is 69.0 Å². The van der Waals surface area contributed by atoms with Gasteiger partial charge >= 0.3 is 6.18 Å². The second kappa shape index (κ2) is 8.55. The van der Waals surface area contributed by atoms with Crippen LogP contribution in [0.15, 0.2) is 52.4 Å². The number of halogens is 4. The maximum absolute atomic E-state index is 12.8. The van der Waals surface area contributed by atoms with Gasteiger partial charge < -0.3 is 4.74 Å². The van der Waals surface area contributed by atoms with Crippen molar-refractivity contribution in [2.75, 3.05) is 13.7 Å². The Labute approximate surface area is 168 Å². The third-order valence-corrected chi connectivity index (χ3v) is 5.33. The highest BCUT2D eigenvalue weighted by Gasteiger charge is 2.29. The van der Waals surface area contributed by atoms with E-state index in [1.165, 1.54) is 35.6 Å². The molecule has 0 spiro atoms. The Kier molecular flexibility index (Phi) is 6.32. The van der Waals surface area contributed by atoms with E-state index in [4.69, 9.17) is 16.3 Å². The van der Waals surface area contributed by atoms with Crippen LogP contribution in [0.3, 0.4) is 0 Å². The molecule has 3 aromatic rings. The minimum absolute atomic E-state index is 0.214. The quantitative estimate of drug-likeness (QED) is 0.409. The number of fused-ring (bicyclic) bond motifs is 1. The van der Waals surface area contributed by atoms with E-state index in [-0.39, 0.29) is 5.56 Å². The van der Waals surface area contributed by atoms with Crippen LogP contribution in [0.25, 0.3) is 10.9 Å². The van der Waals surface area contributed by atoms with Crippen LogP contribution in [0.5, 0.6) is 0 Å². The Balaban J connectivity index is 1.91. The third-order valence-electron chi connectivity index (χ3n) is 4.05. The molecule has 0 N–H and O–H groups in total. The Morgan fingerprint density at radius 2 is 1.89 bits per heavy atom. The second-order valence-electron chi connectivity index (χ2n) is 5.99. The van der Waals surface area contributed by atoms with E-state index in [2.05, 4.69) is 4.98 Å². The highest BCUT2D eigenvalue weighted by molar-refractivity contribution is 7.98. The van der Waals surface area contributed by atoms with Crippen molar-refractivity contribution < 1.29 is 17.9 Å². The summed E-state index contributed by atoms with van der Waals surface area (Å²) in [5.74, 6) is 0.365. The van der Waals surface area contributed by atoms with Crippen molar-refractivity contribution in [2.45, 2.75) is 23.6 Å². The van der Waals surface area contributed by atoms with Gasteiger partial charge in [0, 0.05) is 17.9 Å². The van der Waals surface area contributed by atoms with Gasteiger partial charge in [0.15, 0.2) is 5.16 Å². The van der Waals surface area contributed by atoms with E-state index in [1.54, 1.807) is 18.2 Å². The predicted octanol–water partition coefficient (Wildman–Crippen LogP) is 5.01. The van der Waals surface area contributed by atoms with Gasteiger partial charge in [0.05, 0.1) is 29.6 Å². The average Bonchev–Trinajstić information content (AvgIpc) is 2.65. The summed E-state index contributed by atoms with van der Waals surface area (Å²) in [4.78, 5) is 17.3. The zero-order valence-corrected chi connectivity index (χ0v) is 16.4. The molecule has 0 aliphatic rings. The number of benzene rings is 2. The van der Waals surface area contributed by atoms with Gasteiger partial charge in [-0.2, -0.15) is 13.2 Å². The summed E-state index contributed by atoms with van der Waals surface area (Å²) in [6.07, 6.45) is -4.37. The van der Waals surface area contributed by atoms with Gasteiger partial charge in [-0.25, -0.2) is 4.98 Å². The Bertz CT molecular complexity index is 1040. The highest BCUT2D eigenvalue weighted by atomic mass is 35.5. The summed E-state index contributed by atoms with van der Waals surface area (Å²) < 4.78 is 44.7. The van der Waals surface area contributed by atoms with Crippen LogP contribution in [0.4, 0.5) is 13.2 Å². The van der Waals surface area contributed by atoms with Crippen LogP contribution in [-0.2, 0) is 23.2 Å². The number of nitrogens with zero attached hydrogens (tertiary/aromatic N) is 2. The maximum Gasteiger partial charge on any atom is 0.416 e. The first-order chi connectivity index (χ1) is 13.3. The largest absolute Gasteiger partial charge is 0.416 e. The number of rotatable bonds is 6. The zero-order valence-electron chi connectivity index (χ0n) is 14.8. The molecule has 0 aliphatic carbocycles.